The molecule has 1 heteroatoms. The number of hydrogen-bond donors (Lipinski definition) is 0. The van der Waals surface area contributed by atoms with Crippen molar-refractivity contribution in [3.63, 3.8) is 0 Å². The van der Waals surface area contributed by atoms with Gasteiger partial charge in [-0.2, -0.15) is 0 Å². The van der Waals surface area contributed by atoms with Crippen LogP contribution in [0.2, 0.25) is 0 Å². The Morgan fingerprint density at radius 2 is 1.44 bits per heavy atom. The van der Waals surface area contributed by atoms with E-state index in [9.17, 15) is 0 Å². The summed E-state index contributed by atoms with van der Waals surface area (Å²) in [5.41, 5.74) is 11.9. The Morgan fingerprint density at radius 1 is 0.735 bits per heavy atom. The molecule has 1 nitrogen and oxygen atoms in total. The fourth-order valence-corrected chi connectivity index (χ4v) is 6.01. The number of rotatable bonds is 4. The summed E-state index contributed by atoms with van der Waals surface area (Å²) < 4.78 is 0. The van der Waals surface area contributed by atoms with Gasteiger partial charge in [-0.1, -0.05) is 90.3 Å². The molecular weight excluding hydrogens is 410 g/mol. The second-order valence-corrected chi connectivity index (χ2v) is 9.93. The third-order valence-electron chi connectivity index (χ3n) is 7.53. The Morgan fingerprint density at radius 3 is 2.12 bits per heavy atom. The molecule has 1 fully saturated rings. The van der Waals surface area contributed by atoms with Crippen LogP contribution < -0.4 is 4.90 Å². The lowest BCUT2D eigenvalue weighted by molar-refractivity contribution is 0.642. The van der Waals surface area contributed by atoms with Crippen LogP contribution in [0.1, 0.15) is 58.6 Å². The minimum Gasteiger partial charge on any atom is -0.338 e. The molecule has 1 saturated carbocycles. The summed E-state index contributed by atoms with van der Waals surface area (Å²) in [7, 11) is 0. The van der Waals surface area contributed by atoms with Crippen LogP contribution in [0.3, 0.4) is 0 Å². The fraction of sp³-hybridized carbons (Fsp3) is 0.212. The van der Waals surface area contributed by atoms with Crippen LogP contribution >= 0.6 is 0 Å². The van der Waals surface area contributed by atoms with E-state index in [2.05, 4.69) is 122 Å². The minimum absolute atomic E-state index is 0.588. The van der Waals surface area contributed by atoms with Gasteiger partial charge in [-0.3, -0.25) is 0 Å². The molecule has 0 radical (unpaired) electrons. The summed E-state index contributed by atoms with van der Waals surface area (Å²) in [5, 5.41) is 0. The van der Waals surface area contributed by atoms with E-state index >= 15 is 0 Å². The van der Waals surface area contributed by atoms with Crippen molar-refractivity contribution in [3.05, 3.63) is 130 Å². The lowest BCUT2D eigenvalue weighted by atomic mass is 9.92. The van der Waals surface area contributed by atoms with E-state index in [4.69, 9.17) is 0 Å². The first-order valence-electron chi connectivity index (χ1n) is 12.5. The topological polar surface area (TPSA) is 3.24 Å². The van der Waals surface area contributed by atoms with Crippen molar-refractivity contribution in [1.29, 1.82) is 0 Å². The Hall–Kier alpha value is -3.58. The zero-order valence-electron chi connectivity index (χ0n) is 20.0. The largest absolute Gasteiger partial charge is 0.338 e. The fourth-order valence-electron chi connectivity index (χ4n) is 6.01. The Balaban J connectivity index is 1.47. The van der Waals surface area contributed by atoms with Gasteiger partial charge in [0.2, 0.25) is 0 Å². The van der Waals surface area contributed by atoms with Crippen LogP contribution in [-0.4, -0.2) is 6.04 Å². The normalized spacial score (nSPS) is 18.5. The summed E-state index contributed by atoms with van der Waals surface area (Å²) in [5.74, 6) is 0.630. The summed E-state index contributed by atoms with van der Waals surface area (Å²) >= 11 is 0. The number of anilines is 2. The number of hydrogen-bond acceptors (Lipinski definition) is 1. The summed E-state index contributed by atoms with van der Waals surface area (Å²) in [6, 6.07) is 36.4. The highest BCUT2D eigenvalue weighted by molar-refractivity contribution is 5.92. The van der Waals surface area contributed by atoms with Crippen molar-refractivity contribution >= 4 is 23.0 Å². The lowest BCUT2D eigenvalue weighted by Crippen LogP contribution is -2.26. The van der Waals surface area contributed by atoms with E-state index in [1.807, 2.05) is 0 Å². The molecule has 0 aromatic heterocycles. The Labute approximate surface area is 203 Å². The maximum Gasteiger partial charge on any atom is 0.0450 e. The average molecular weight is 442 g/mol. The first-order chi connectivity index (χ1) is 16.7. The van der Waals surface area contributed by atoms with Crippen molar-refractivity contribution in [1.82, 2.24) is 0 Å². The van der Waals surface area contributed by atoms with Crippen LogP contribution in [0.5, 0.6) is 0 Å². The van der Waals surface area contributed by atoms with Crippen molar-refractivity contribution in [2.45, 2.75) is 45.1 Å². The highest BCUT2D eigenvalue weighted by Crippen LogP contribution is 2.52. The molecule has 0 amide bonds. The van der Waals surface area contributed by atoms with E-state index < -0.39 is 0 Å². The monoisotopic (exact) mass is 441 g/mol. The van der Waals surface area contributed by atoms with Crippen LogP contribution in [0.4, 0.5) is 11.4 Å². The Bertz CT molecular complexity index is 1320. The second kappa shape index (κ2) is 8.65. The molecule has 2 atom stereocenters. The highest BCUT2D eigenvalue weighted by Gasteiger charge is 2.41. The van der Waals surface area contributed by atoms with Gasteiger partial charge in [0.1, 0.15) is 0 Å². The molecule has 0 saturated heterocycles. The molecule has 0 N–H and O–H groups in total. The van der Waals surface area contributed by atoms with E-state index in [-0.39, 0.29) is 0 Å². The van der Waals surface area contributed by atoms with Gasteiger partial charge >= 0.3 is 0 Å². The minimum atomic E-state index is 0.588. The molecule has 2 unspecified atom stereocenters. The lowest BCUT2D eigenvalue weighted by Gasteiger charge is -2.27. The van der Waals surface area contributed by atoms with E-state index in [1.54, 1.807) is 0 Å². The number of aryl methyl sites for hydroxylation is 2. The van der Waals surface area contributed by atoms with Gasteiger partial charge in [-0.05, 0) is 84.9 Å². The SMILES string of the molecule is Cc1cccc(C(=Cc2ccc3c(c2)C2CCCC2N3c2ccccc2)c2cccc(C)c2)c1. The number of para-hydroxylation sites is 1. The van der Waals surface area contributed by atoms with Crippen molar-refractivity contribution in [2.24, 2.45) is 0 Å². The van der Waals surface area contributed by atoms with Crippen molar-refractivity contribution < 1.29 is 0 Å². The van der Waals surface area contributed by atoms with Crippen LogP contribution in [-0.2, 0) is 0 Å². The third kappa shape index (κ3) is 3.76. The zero-order valence-corrected chi connectivity index (χ0v) is 20.0. The van der Waals surface area contributed by atoms with Crippen molar-refractivity contribution in [2.75, 3.05) is 4.90 Å². The maximum absolute atomic E-state index is 2.60. The average Bonchev–Trinajstić information content (AvgIpc) is 3.44. The highest BCUT2D eigenvalue weighted by atomic mass is 15.2. The van der Waals surface area contributed by atoms with Gasteiger partial charge < -0.3 is 4.90 Å². The molecule has 4 aromatic carbocycles. The molecule has 34 heavy (non-hydrogen) atoms. The van der Waals surface area contributed by atoms with Gasteiger partial charge in [0.15, 0.2) is 0 Å². The van der Waals surface area contributed by atoms with Crippen LogP contribution in [0, 0.1) is 13.8 Å². The first kappa shape index (κ1) is 21.0. The molecule has 4 aromatic rings. The molecule has 0 bridgehead atoms. The summed E-state index contributed by atoms with van der Waals surface area (Å²) in [6.45, 7) is 4.34. The Kier molecular flexibility index (Phi) is 5.34. The molecule has 2 aliphatic rings. The van der Waals surface area contributed by atoms with Crippen molar-refractivity contribution in [3.8, 4) is 0 Å². The van der Waals surface area contributed by atoms with E-state index in [0.717, 1.165) is 0 Å². The summed E-state index contributed by atoms with van der Waals surface area (Å²) in [6.07, 6.45) is 6.27. The molecular formula is C33H31N. The standard InChI is InChI=1S/C33H31N/c1-23-9-6-11-26(19-23)30(27-12-7-10-24(2)20-27)21-25-17-18-33-31(22-25)29-15-8-16-32(29)34(33)28-13-4-3-5-14-28/h3-7,9-14,17-22,29,32H,8,15-16H2,1-2H3. The van der Waals surface area contributed by atoms with Crippen LogP contribution in [0.25, 0.3) is 11.6 Å². The number of benzene rings is 4. The van der Waals surface area contributed by atoms with Gasteiger partial charge in [-0.15, -0.1) is 0 Å². The molecule has 6 rings (SSSR count). The molecule has 1 aliphatic carbocycles. The number of fused-ring (bicyclic) bond motifs is 3. The molecule has 1 heterocycles. The van der Waals surface area contributed by atoms with Gasteiger partial charge in [0, 0.05) is 23.3 Å². The van der Waals surface area contributed by atoms with Gasteiger partial charge in [0.05, 0.1) is 0 Å². The second-order valence-electron chi connectivity index (χ2n) is 9.93. The zero-order chi connectivity index (χ0) is 23.1. The predicted molar refractivity (Wildman–Crippen MR) is 145 cm³/mol. The predicted octanol–water partition coefficient (Wildman–Crippen LogP) is 8.68. The van der Waals surface area contributed by atoms with Gasteiger partial charge in [0.25, 0.3) is 0 Å². The summed E-state index contributed by atoms with van der Waals surface area (Å²) in [4.78, 5) is 2.60. The van der Waals surface area contributed by atoms with E-state index in [1.165, 1.54) is 69.6 Å². The number of nitrogens with zero attached hydrogens (tertiary/aromatic N) is 1. The smallest absolute Gasteiger partial charge is 0.0450 e. The molecule has 0 spiro atoms. The maximum atomic E-state index is 2.60. The molecule has 1 aliphatic heterocycles. The third-order valence-corrected chi connectivity index (χ3v) is 7.53. The quantitative estimate of drug-likeness (QED) is 0.286. The van der Waals surface area contributed by atoms with E-state index in [0.29, 0.717) is 12.0 Å². The first-order valence-corrected chi connectivity index (χ1v) is 12.5. The molecule has 168 valence electrons. The van der Waals surface area contributed by atoms with Crippen LogP contribution in [0.15, 0.2) is 97.1 Å². The van der Waals surface area contributed by atoms with Gasteiger partial charge in [-0.25, -0.2) is 0 Å².